The summed E-state index contributed by atoms with van der Waals surface area (Å²) in [5.41, 5.74) is 2.98. The number of piperazine rings is 1. The van der Waals surface area contributed by atoms with Crippen molar-refractivity contribution in [3.05, 3.63) is 34.9 Å². The number of hydrogen-bond acceptors (Lipinski definition) is 5. The standard InChI is InChI=1S/C16H20N2O3.ClH/c19-16-14-2-1-12(7-11(14)3-6-20-16)15-9-18-5-4-17-8-13(18)10-21-15;/h1-2,7,13,15,17H,3-6,8-10H2;1H/t13-,15-;/m0./s1. The minimum atomic E-state index is -0.200. The number of carbonyl (C=O) groups excluding carboxylic acids is 1. The molecule has 3 aliphatic rings. The Labute approximate surface area is 136 Å². The SMILES string of the molecule is Cl.O=C1OCCc2cc([C@@H]3CN4CCNC[C@H]4CO3)ccc21. The van der Waals surface area contributed by atoms with Crippen LogP contribution in [0.4, 0.5) is 0 Å². The third-order valence-corrected chi connectivity index (χ3v) is 4.69. The monoisotopic (exact) mass is 324 g/mol. The first-order valence-corrected chi connectivity index (χ1v) is 7.67. The predicted octanol–water partition coefficient (Wildman–Crippen LogP) is 1.17. The van der Waals surface area contributed by atoms with Crippen molar-refractivity contribution in [2.75, 3.05) is 39.4 Å². The summed E-state index contributed by atoms with van der Waals surface area (Å²) < 4.78 is 11.1. The van der Waals surface area contributed by atoms with Crippen LogP contribution in [0, 0.1) is 0 Å². The second-order valence-corrected chi connectivity index (χ2v) is 5.98. The van der Waals surface area contributed by atoms with Gasteiger partial charge in [0, 0.05) is 38.6 Å². The molecule has 120 valence electrons. The molecule has 0 unspecified atom stereocenters. The maximum absolute atomic E-state index is 11.7. The van der Waals surface area contributed by atoms with Crippen molar-refractivity contribution < 1.29 is 14.3 Å². The van der Waals surface area contributed by atoms with Crippen LogP contribution in [0.1, 0.15) is 27.6 Å². The average Bonchev–Trinajstić information content (AvgIpc) is 2.54. The Balaban J connectivity index is 0.00000144. The number of halogens is 1. The molecule has 1 aromatic rings. The highest BCUT2D eigenvalue weighted by Gasteiger charge is 2.32. The van der Waals surface area contributed by atoms with Crippen LogP contribution in [0.25, 0.3) is 0 Å². The largest absolute Gasteiger partial charge is 0.462 e. The zero-order chi connectivity index (χ0) is 14.2. The van der Waals surface area contributed by atoms with Gasteiger partial charge in [-0.2, -0.15) is 0 Å². The summed E-state index contributed by atoms with van der Waals surface area (Å²) in [6.45, 7) is 5.36. The molecule has 0 spiro atoms. The quantitative estimate of drug-likeness (QED) is 0.786. The summed E-state index contributed by atoms with van der Waals surface area (Å²) in [7, 11) is 0. The lowest BCUT2D eigenvalue weighted by atomic mass is 9.96. The maximum atomic E-state index is 11.7. The molecule has 0 bridgehead atoms. The summed E-state index contributed by atoms with van der Waals surface area (Å²) in [4.78, 5) is 14.2. The molecule has 1 aromatic carbocycles. The van der Waals surface area contributed by atoms with Gasteiger partial charge in [0.05, 0.1) is 24.9 Å². The molecule has 0 radical (unpaired) electrons. The zero-order valence-electron chi connectivity index (χ0n) is 12.4. The molecule has 0 saturated carbocycles. The van der Waals surface area contributed by atoms with Gasteiger partial charge in [-0.15, -0.1) is 12.4 Å². The molecule has 0 amide bonds. The van der Waals surface area contributed by atoms with E-state index in [1.807, 2.05) is 12.1 Å². The zero-order valence-corrected chi connectivity index (χ0v) is 13.2. The highest BCUT2D eigenvalue weighted by Crippen LogP contribution is 2.28. The summed E-state index contributed by atoms with van der Waals surface area (Å²) in [5.74, 6) is -0.200. The number of ether oxygens (including phenoxy) is 2. The van der Waals surface area contributed by atoms with Crippen LogP contribution < -0.4 is 5.32 Å². The molecular formula is C16H21ClN2O3. The molecule has 2 fully saturated rings. The van der Waals surface area contributed by atoms with Gasteiger partial charge in [-0.1, -0.05) is 12.1 Å². The molecule has 6 heteroatoms. The third kappa shape index (κ3) is 2.86. The van der Waals surface area contributed by atoms with Gasteiger partial charge in [0.25, 0.3) is 0 Å². The summed E-state index contributed by atoms with van der Waals surface area (Å²) in [6, 6.07) is 6.53. The van der Waals surface area contributed by atoms with E-state index in [1.165, 1.54) is 5.56 Å². The first kappa shape index (κ1) is 15.7. The average molecular weight is 325 g/mol. The lowest BCUT2D eigenvalue weighted by Crippen LogP contribution is -2.57. The lowest BCUT2D eigenvalue weighted by Gasteiger charge is -2.42. The Kier molecular flexibility index (Phi) is 4.68. The van der Waals surface area contributed by atoms with Crippen LogP contribution in [0.2, 0.25) is 0 Å². The minimum Gasteiger partial charge on any atom is -0.462 e. The van der Waals surface area contributed by atoms with E-state index in [0.717, 1.165) is 44.8 Å². The number of esters is 1. The van der Waals surface area contributed by atoms with E-state index in [9.17, 15) is 4.79 Å². The summed E-state index contributed by atoms with van der Waals surface area (Å²) >= 11 is 0. The van der Waals surface area contributed by atoms with Crippen molar-refractivity contribution in [3.63, 3.8) is 0 Å². The van der Waals surface area contributed by atoms with E-state index in [4.69, 9.17) is 9.47 Å². The van der Waals surface area contributed by atoms with Gasteiger partial charge in [-0.3, -0.25) is 4.90 Å². The Morgan fingerprint density at radius 1 is 1.32 bits per heavy atom. The Morgan fingerprint density at radius 3 is 3.14 bits per heavy atom. The van der Waals surface area contributed by atoms with Gasteiger partial charge in [0.15, 0.2) is 0 Å². The topological polar surface area (TPSA) is 50.8 Å². The Hall–Kier alpha value is -1.14. The molecule has 4 rings (SSSR count). The molecule has 3 heterocycles. The van der Waals surface area contributed by atoms with Crippen molar-refractivity contribution in [2.24, 2.45) is 0 Å². The van der Waals surface area contributed by atoms with E-state index in [0.29, 0.717) is 18.2 Å². The third-order valence-electron chi connectivity index (χ3n) is 4.69. The molecule has 1 N–H and O–H groups in total. The van der Waals surface area contributed by atoms with Crippen LogP contribution in [0.15, 0.2) is 18.2 Å². The number of hydrogen-bond donors (Lipinski definition) is 1. The number of rotatable bonds is 1. The van der Waals surface area contributed by atoms with Crippen molar-refractivity contribution in [2.45, 2.75) is 18.6 Å². The first-order valence-electron chi connectivity index (χ1n) is 7.67. The van der Waals surface area contributed by atoms with Gasteiger partial charge in [0.1, 0.15) is 0 Å². The molecular weight excluding hydrogens is 304 g/mol. The van der Waals surface area contributed by atoms with E-state index in [2.05, 4.69) is 16.3 Å². The number of cyclic esters (lactones) is 1. The van der Waals surface area contributed by atoms with Crippen LogP contribution in [0.3, 0.4) is 0 Å². The first-order chi connectivity index (χ1) is 10.3. The Bertz CT molecular complexity index is 566. The summed E-state index contributed by atoms with van der Waals surface area (Å²) in [6.07, 6.45) is 0.917. The van der Waals surface area contributed by atoms with E-state index < -0.39 is 0 Å². The van der Waals surface area contributed by atoms with Gasteiger partial charge >= 0.3 is 5.97 Å². The molecule has 3 aliphatic heterocycles. The highest BCUT2D eigenvalue weighted by atomic mass is 35.5. The van der Waals surface area contributed by atoms with Crippen LogP contribution in [0.5, 0.6) is 0 Å². The van der Waals surface area contributed by atoms with Gasteiger partial charge in [0.2, 0.25) is 0 Å². The fraction of sp³-hybridized carbons (Fsp3) is 0.562. The fourth-order valence-corrected chi connectivity index (χ4v) is 3.45. The molecule has 5 nitrogen and oxygen atoms in total. The molecule has 0 aliphatic carbocycles. The van der Waals surface area contributed by atoms with Crippen molar-refractivity contribution in [3.8, 4) is 0 Å². The molecule has 2 atom stereocenters. The van der Waals surface area contributed by atoms with Crippen LogP contribution in [-0.2, 0) is 15.9 Å². The maximum Gasteiger partial charge on any atom is 0.338 e. The number of morpholine rings is 1. The normalized spacial score (nSPS) is 28.1. The minimum absolute atomic E-state index is 0. The van der Waals surface area contributed by atoms with Gasteiger partial charge < -0.3 is 14.8 Å². The van der Waals surface area contributed by atoms with Crippen molar-refractivity contribution >= 4 is 18.4 Å². The smallest absolute Gasteiger partial charge is 0.338 e. The van der Waals surface area contributed by atoms with Crippen LogP contribution in [-0.4, -0.2) is 56.3 Å². The second-order valence-electron chi connectivity index (χ2n) is 5.98. The van der Waals surface area contributed by atoms with E-state index >= 15 is 0 Å². The lowest BCUT2D eigenvalue weighted by molar-refractivity contribution is -0.0718. The number of benzene rings is 1. The predicted molar refractivity (Wildman–Crippen MR) is 84.6 cm³/mol. The van der Waals surface area contributed by atoms with Crippen molar-refractivity contribution in [1.82, 2.24) is 10.2 Å². The molecule has 22 heavy (non-hydrogen) atoms. The van der Waals surface area contributed by atoms with Crippen LogP contribution >= 0.6 is 12.4 Å². The number of carbonyl (C=O) groups is 1. The van der Waals surface area contributed by atoms with E-state index in [-0.39, 0.29) is 24.5 Å². The fourth-order valence-electron chi connectivity index (χ4n) is 3.45. The molecule has 2 saturated heterocycles. The highest BCUT2D eigenvalue weighted by molar-refractivity contribution is 5.92. The number of fused-ring (bicyclic) bond motifs is 2. The summed E-state index contributed by atoms with van der Waals surface area (Å²) in [5, 5.41) is 3.41. The Morgan fingerprint density at radius 2 is 2.23 bits per heavy atom. The number of nitrogens with zero attached hydrogens (tertiary/aromatic N) is 1. The number of nitrogens with one attached hydrogen (secondary N) is 1. The van der Waals surface area contributed by atoms with Gasteiger partial charge in [-0.25, -0.2) is 4.79 Å². The van der Waals surface area contributed by atoms with Crippen molar-refractivity contribution in [1.29, 1.82) is 0 Å². The molecule has 0 aromatic heterocycles. The van der Waals surface area contributed by atoms with E-state index in [1.54, 1.807) is 0 Å². The van der Waals surface area contributed by atoms with Gasteiger partial charge in [-0.05, 0) is 17.2 Å². The second kappa shape index (κ2) is 6.54.